The van der Waals surface area contributed by atoms with Gasteiger partial charge in [0.15, 0.2) is 22.6 Å². The van der Waals surface area contributed by atoms with Gasteiger partial charge in [-0.3, -0.25) is 0 Å². The van der Waals surface area contributed by atoms with Gasteiger partial charge >= 0.3 is 5.97 Å². The van der Waals surface area contributed by atoms with Crippen LogP contribution in [0.25, 0.3) is 28.3 Å². The first-order valence-corrected chi connectivity index (χ1v) is 9.12. The molecule has 2 N–H and O–H groups in total. The van der Waals surface area contributed by atoms with E-state index in [9.17, 15) is 4.79 Å². The van der Waals surface area contributed by atoms with Crippen LogP contribution in [0.5, 0.6) is 0 Å². The molecule has 5 rings (SSSR count). The van der Waals surface area contributed by atoms with Crippen LogP contribution in [0, 0.1) is 0 Å². The molecule has 10 nitrogen and oxygen atoms in total. The lowest BCUT2D eigenvalue weighted by Crippen LogP contribution is -2.42. The zero-order valence-corrected chi connectivity index (χ0v) is 16.2. The van der Waals surface area contributed by atoms with Gasteiger partial charge in [-0.25, -0.2) is 14.5 Å². The highest BCUT2D eigenvalue weighted by Crippen LogP contribution is 2.32. The zero-order chi connectivity index (χ0) is 20.9. The second kappa shape index (κ2) is 6.41. The Morgan fingerprint density at radius 1 is 1.13 bits per heavy atom. The number of esters is 1. The second-order valence-corrected chi connectivity index (χ2v) is 6.84. The highest BCUT2D eigenvalue weighted by atomic mass is 16.5. The van der Waals surface area contributed by atoms with Gasteiger partial charge in [0, 0.05) is 0 Å². The Bertz CT molecular complexity index is 1370. The Kier molecular flexibility index (Phi) is 3.82. The summed E-state index contributed by atoms with van der Waals surface area (Å²) in [6.07, 6.45) is 3.12. The number of hydrogen-bond acceptors (Lipinski definition) is 8. The number of methoxy groups -OCH3 is 1. The van der Waals surface area contributed by atoms with E-state index in [1.54, 1.807) is 25.3 Å². The van der Waals surface area contributed by atoms with E-state index >= 15 is 0 Å². The molecular formula is C20H17N7O3. The van der Waals surface area contributed by atoms with Crippen molar-refractivity contribution in [2.45, 2.75) is 12.5 Å². The summed E-state index contributed by atoms with van der Waals surface area (Å²) in [5, 5.41) is 9.43. The molecule has 0 amide bonds. The minimum atomic E-state index is -1.26. The molecule has 150 valence electrons. The van der Waals surface area contributed by atoms with Crippen molar-refractivity contribution in [3.05, 3.63) is 60.5 Å². The molecule has 0 unspecified atom stereocenters. The number of nitrogen functional groups attached to an aromatic ring is 1. The van der Waals surface area contributed by atoms with Gasteiger partial charge < -0.3 is 14.9 Å². The van der Waals surface area contributed by atoms with Gasteiger partial charge in [-0.1, -0.05) is 30.3 Å². The van der Waals surface area contributed by atoms with Crippen molar-refractivity contribution in [3.8, 4) is 11.6 Å². The van der Waals surface area contributed by atoms with E-state index in [1.807, 2.05) is 30.3 Å². The first kappa shape index (κ1) is 17.9. The second-order valence-electron chi connectivity index (χ2n) is 6.84. The smallest absolute Gasteiger partial charge is 0.338 e. The van der Waals surface area contributed by atoms with Crippen molar-refractivity contribution >= 4 is 28.6 Å². The molecule has 0 spiro atoms. The van der Waals surface area contributed by atoms with Crippen molar-refractivity contribution in [1.82, 2.24) is 29.4 Å². The molecule has 0 fully saturated rings. The molecule has 4 aromatic heterocycles. The number of benzene rings is 1. The summed E-state index contributed by atoms with van der Waals surface area (Å²) in [6.45, 7) is 1.72. The molecule has 0 bridgehead atoms. The summed E-state index contributed by atoms with van der Waals surface area (Å²) in [5.41, 5.74) is 6.44. The normalized spacial score (nSPS) is 13.5. The Morgan fingerprint density at radius 2 is 1.93 bits per heavy atom. The third-order valence-electron chi connectivity index (χ3n) is 5.11. The third kappa shape index (κ3) is 2.40. The maximum absolute atomic E-state index is 12.9. The van der Waals surface area contributed by atoms with E-state index < -0.39 is 11.5 Å². The SMILES string of the molecule is COC(=O)[C@@](C)(c1ccccc1)n1ncc2c1nc(N)n1nc(-c3ccco3)nc21. The van der Waals surface area contributed by atoms with Crippen LogP contribution in [0.2, 0.25) is 0 Å². The zero-order valence-electron chi connectivity index (χ0n) is 16.2. The number of rotatable bonds is 4. The first-order chi connectivity index (χ1) is 14.5. The van der Waals surface area contributed by atoms with Crippen molar-refractivity contribution in [3.63, 3.8) is 0 Å². The van der Waals surface area contributed by atoms with Gasteiger partial charge in [0.25, 0.3) is 0 Å². The third-order valence-corrected chi connectivity index (χ3v) is 5.11. The Morgan fingerprint density at radius 3 is 2.63 bits per heavy atom. The average molecular weight is 403 g/mol. The summed E-state index contributed by atoms with van der Waals surface area (Å²) in [7, 11) is 1.34. The van der Waals surface area contributed by atoms with Gasteiger partial charge in [0.05, 0.1) is 25.0 Å². The molecule has 10 heteroatoms. The molecule has 0 aliphatic carbocycles. The molecule has 0 aliphatic rings. The number of fused-ring (bicyclic) bond motifs is 3. The number of carbonyl (C=O) groups is 1. The first-order valence-electron chi connectivity index (χ1n) is 9.12. The van der Waals surface area contributed by atoms with E-state index in [4.69, 9.17) is 14.9 Å². The number of anilines is 1. The van der Waals surface area contributed by atoms with E-state index in [0.29, 0.717) is 33.8 Å². The lowest BCUT2D eigenvalue weighted by Gasteiger charge is -2.28. The van der Waals surface area contributed by atoms with Crippen molar-refractivity contribution in [1.29, 1.82) is 0 Å². The number of aromatic nitrogens is 6. The summed E-state index contributed by atoms with van der Waals surface area (Å²) >= 11 is 0. The van der Waals surface area contributed by atoms with Crippen LogP contribution in [0.4, 0.5) is 5.95 Å². The number of hydrogen-bond donors (Lipinski definition) is 1. The van der Waals surface area contributed by atoms with Gasteiger partial charge in [-0.15, -0.1) is 5.10 Å². The quantitative estimate of drug-likeness (QED) is 0.453. The van der Waals surface area contributed by atoms with Crippen LogP contribution in [0.15, 0.2) is 59.3 Å². The monoisotopic (exact) mass is 403 g/mol. The maximum Gasteiger partial charge on any atom is 0.338 e. The maximum atomic E-state index is 12.9. The van der Waals surface area contributed by atoms with Crippen LogP contribution >= 0.6 is 0 Å². The molecule has 0 radical (unpaired) electrons. The molecule has 5 aromatic rings. The van der Waals surface area contributed by atoms with Gasteiger partial charge in [-0.05, 0) is 24.6 Å². The highest BCUT2D eigenvalue weighted by molar-refractivity contribution is 5.92. The highest BCUT2D eigenvalue weighted by Gasteiger charge is 2.41. The van der Waals surface area contributed by atoms with Gasteiger partial charge in [0.2, 0.25) is 11.8 Å². The average Bonchev–Trinajstić information content (AvgIpc) is 3.51. The van der Waals surface area contributed by atoms with Crippen LogP contribution in [0.1, 0.15) is 12.5 Å². The molecule has 1 aromatic carbocycles. The standard InChI is InChI=1S/C20H17N7O3/c1-20(18(28)29-2,12-7-4-3-5-8-12)27-17-13(11-22-27)16-23-15(14-9-6-10-30-14)25-26(16)19(21)24-17/h3-11H,1-2H3,(H2,21,24)/t20-/m1/s1. The molecule has 0 saturated heterocycles. The van der Waals surface area contributed by atoms with Crippen LogP contribution in [0.3, 0.4) is 0 Å². The van der Waals surface area contributed by atoms with E-state index in [0.717, 1.165) is 0 Å². The molecule has 0 saturated carbocycles. The summed E-state index contributed by atoms with van der Waals surface area (Å²) in [5.74, 6) is 0.483. The fourth-order valence-electron chi connectivity index (χ4n) is 3.53. The lowest BCUT2D eigenvalue weighted by molar-refractivity contribution is -0.148. The van der Waals surface area contributed by atoms with Crippen molar-refractivity contribution < 1.29 is 13.9 Å². The Hall–Kier alpha value is -4.21. The Balaban J connectivity index is 1.79. The fourth-order valence-corrected chi connectivity index (χ4v) is 3.53. The Labute approximate surface area is 169 Å². The summed E-state index contributed by atoms with van der Waals surface area (Å²) in [6, 6.07) is 12.7. The van der Waals surface area contributed by atoms with E-state index in [1.165, 1.54) is 22.6 Å². The molecule has 30 heavy (non-hydrogen) atoms. The topological polar surface area (TPSA) is 126 Å². The molecule has 4 heterocycles. The number of ether oxygens (including phenoxy) is 1. The molecule has 0 aliphatic heterocycles. The minimum absolute atomic E-state index is 0.102. The van der Waals surface area contributed by atoms with Crippen LogP contribution in [-0.4, -0.2) is 42.4 Å². The predicted octanol–water partition coefficient (Wildman–Crippen LogP) is 2.25. The minimum Gasteiger partial charge on any atom is -0.467 e. The van der Waals surface area contributed by atoms with E-state index in [-0.39, 0.29) is 5.95 Å². The van der Waals surface area contributed by atoms with Gasteiger partial charge in [0.1, 0.15) is 0 Å². The van der Waals surface area contributed by atoms with Crippen LogP contribution < -0.4 is 5.73 Å². The number of nitrogens with zero attached hydrogens (tertiary/aromatic N) is 6. The predicted molar refractivity (Wildman–Crippen MR) is 107 cm³/mol. The molecule has 1 atom stereocenters. The summed E-state index contributed by atoms with van der Waals surface area (Å²) in [4.78, 5) is 21.9. The largest absolute Gasteiger partial charge is 0.467 e. The summed E-state index contributed by atoms with van der Waals surface area (Å²) < 4.78 is 13.4. The van der Waals surface area contributed by atoms with Crippen molar-refractivity contribution in [2.24, 2.45) is 0 Å². The lowest BCUT2D eigenvalue weighted by atomic mass is 9.92. The van der Waals surface area contributed by atoms with Crippen molar-refractivity contribution in [2.75, 3.05) is 12.8 Å². The number of furan rings is 1. The fraction of sp³-hybridized carbons (Fsp3) is 0.150. The van der Waals surface area contributed by atoms with Crippen LogP contribution in [-0.2, 0) is 15.1 Å². The van der Waals surface area contributed by atoms with Gasteiger partial charge in [-0.2, -0.15) is 14.6 Å². The molecular weight excluding hydrogens is 386 g/mol. The number of nitrogens with two attached hydrogens (primary N) is 1. The van der Waals surface area contributed by atoms with E-state index in [2.05, 4.69) is 20.2 Å². The number of carbonyl (C=O) groups excluding carboxylic acids is 1.